The first-order valence-electron chi connectivity index (χ1n) is 11.5. The molecule has 0 spiro atoms. The van der Waals surface area contributed by atoms with Gasteiger partial charge in [-0.1, -0.05) is 35.3 Å². The van der Waals surface area contributed by atoms with E-state index in [0.29, 0.717) is 47.2 Å². The van der Waals surface area contributed by atoms with Crippen LogP contribution in [-0.4, -0.2) is 53.6 Å². The average Bonchev–Trinajstić information content (AvgIpc) is 3.43. The van der Waals surface area contributed by atoms with Crippen molar-refractivity contribution >= 4 is 46.7 Å². The molecule has 11 heteroatoms. The van der Waals surface area contributed by atoms with Crippen LogP contribution in [0.1, 0.15) is 27.0 Å². The van der Waals surface area contributed by atoms with E-state index in [-0.39, 0.29) is 35.3 Å². The van der Waals surface area contributed by atoms with E-state index in [4.69, 9.17) is 37.4 Å². The molecule has 5 rings (SSSR count). The van der Waals surface area contributed by atoms with Crippen molar-refractivity contribution in [1.29, 1.82) is 0 Å². The van der Waals surface area contributed by atoms with Crippen LogP contribution in [0.5, 0.6) is 17.2 Å². The van der Waals surface area contributed by atoms with E-state index < -0.39 is 0 Å². The first kappa shape index (κ1) is 25.0. The number of carbonyl (C=O) groups excluding carboxylic acids is 2. The van der Waals surface area contributed by atoms with Gasteiger partial charge in [-0.15, -0.1) is 0 Å². The molecule has 1 N–H and O–H groups in total. The lowest BCUT2D eigenvalue weighted by atomic mass is 10.00. The molecule has 1 aromatic heterocycles. The lowest BCUT2D eigenvalue weighted by Gasteiger charge is -2.20. The molecule has 3 aromatic rings. The van der Waals surface area contributed by atoms with Crippen LogP contribution < -0.4 is 19.5 Å². The number of rotatable bonds is 6. The number of hydrogen-bond donors (Lipinski definition) is 1. The summed E-state index contributed by atoms with van der Waals surface area (Å²) in [7, 11) is 3.45. The maximum absolute atomic E-state index is 13.7. The summed E-state index contributed by atoms with van der Waals surface area (Å²) in [6.07, 6.45) is 3.92. The molecule has 192 valence electrons. The second kappa shape index (κ2) is 9.99. The molecule has 2 aliphatic heterocycles. The Labute approximate surface area is 223 Å². The fourth-order valence-electron chi connectivity index (χ4n) is 4.38. The molecule has 0 fully saturated rings. The molecular formula is C26H24Cl2N4O5. The van der Waals surface area contributed by atoms with Gasteiger partial charge >= 0.3 is 0 Å². The van der Waals surface area contributed by atoms with Crippen LogP contribution in [0.2, 0.25) is 10.3 Å². The van der Waals surface area contributed by atoms with Crippen LogP contribution in [0.4, 0.5) is 5.69 Å². The standard InChI is InChI=1S/C26H24Cl2N4O5/c1-14-4-5-16(8-18(14)30-21(33)11-32-12-29-25(27)26(32)28)22(34)19-10-17-15(6-7-31(19)2)9-20-24(23(17)35-3)37-13-36-20/h4-5,8-10,12H,6-7,11,13H2,1-3H3,(H,30,33). The number of allylic oxidation sites excluding steroid dienone is 1. The summed E-state index contributed by atoms with van der Waals surface area (Å²) in [5.74, 6) is 1.20. The summed E-state index contributed by atoms with van der Waals surface area (Å²) in [4.78, 5) is 32.2. The van der Waals surface area contributed by atoms with Gasteiger partial charge in [0.2, 0.25) is 24.2 Å². The topological polar surface area (TPSA) is 94.9 Å². The van der Waals surface area contributed by atoms with Crippen molar-refractivity contribution in [2.45, 2.75) is 19.9 Å². The maximum atomic E-state index is 13.7. The summed E-state index contributed by atoms with van der Waals surface area (Å²) in [5.41, 5.74) is 4.06. The number of aryl methyl sites for hydroxylation is 1. The molecule has 1 amide bonds. The summed E-state index contributed by atoms with van der Waals surface area (Å²) >= 11 is 11.9. The third-order valence-corrected chi connectivity index (χ3v) is 7.18. The van der Waals surface area contributed by atoms with Gasteiger partial charge in [0.15, 0.2) is 16.7 Å². The minimum atomic E-state index is -0.329. The number of halogens is 2. The number of ether oxygens (including phenoxy) is 3. The van der Waals surface area contributed by atoms with Gasteiger partial charge in [-0.3, -0.25) is 9.59 Å². The maximum Gasteiger partial charge on any atom is 0.244 e. The highest BCUT2D eigenvalue weighted by atomic mass is 35.5. The van der Waals surface area contributed by atoms with Crippen LogP contribution in [0.15, 0.2) is 36.3 Å². The van der Waals surface area contributed by atoms with Crippen molar-refractivity contribution < 1.29 is 23.8 Å². The number of nitrogens with one attached hydrogen (secondary N) is 1. The zero-order valence-electron chi connectivity index (χ0n) is 20.4. The van der Waals surface area contributed by atoms with Crippen molar-refractivity contribution in [3.63, 3.8) is 0 Å². The van der Waals surface area contributed by atoms with Crippen LogP contribution in [0.25, 0.3) is 6.08 Å². The molecule has 0 aliphatic carbocycles. The largest absolute Gasteiger partial charge is 0.492 e. The van der Waals surface area contributed by atoms with E-state index in [1.54, 1.807) is 25.3 Å². The molecule has 2 aromatic carbocycles. The predicted octanol–water partition coefficient (Wildman–Crippen LogP) is 4.59. The fraction of sp³-hybridized carbons (Fsp3) is 0.269. The zero-order chi connectivity index (χ0) is 26.3. The van der Waals surface area contributed by atoms with Gasteiger partial charge in [0, 0.05) is 30.4 Å². The summed E-state index contributed by atoms with van der Waals surface area (Å²) in [5, 5.41) is 3.16. The molecular weight excluding hydrogens is 519 g/mol. The van der Waals surface area contributed by atoms with Crippen molar-refractivity contribution in [3.05, 3.63) is 68.8 Å². The zero-order valence-corrected chi connectivity index (χ0v) is 21.9. The highest BCUT2D eigenvalue weighted by Crippen LogP contribution is 2.46. The lowest BCUT2D eigenvalue weighted by molar-refractivity contribution is -0.116. The SMILES string of the molecule is COc1c2c(cc3c1OCO3)CCN(C)C(C(=O)c1ccc(C)c(NC(=O)Cn3cnc(Cl)c3Cl)c1)=C2. The van der Waals surface area contributed by atoms with Crippen LogP contribution in [-0.2, 0) is 17.8 Å². The Morgan fingerprint density at radius 1 is 1.22 bits per heavy atom. The number of fused-ring (bicyclic) bond motifs is 2. The van der Waals surface area contributed by atoms with E-state index in [9.17, 15) is 9.59 Å². The van der Waals surface area contributed by atoms with Crippen molar-refractivity contribution in [3.8, 4) is 17.2 Å². The molecule has 3 heterocycles. The van der Waals surface area contributed by atoms with Gasteiger partial charge in [0.05, 0.1) is 19.1 Å². The van der Waals surface area contributed by atoms with Gasteiger partial charge in [-0.25, -0.2) is 4.98 Å². The number of anilines is 1. The third kappa shape index (κ3) is 4.72. The first-order chi connectivity index (χ1) is 17.8. The molecule has 0 saturated heterocycles. The number of likely N-dealkylation sites (N-methyl/N-ethyl adjacent to an activating group) is 1. The number of aromatic nitrogens is 2. The second-order valence-electron chi connectivity index (χ2n) is 8.78. The number of hydrogen-bond acceptors (Lipinski definition) is 7. The number of benzene rings is 2. The van der Waals surface area contributed by atoms with Gasteiger partial charge < -0.3 is 29.0 Å². The highest BCUT2D eigenvalue weighted by Gasteiger charge is 2.28. The minimum Gasteiger partial charge on any atom is -0.492 e. The van der Waals surface area contributed by atoms with E-state index in [1.807, 2.05) is 31.0 Å². The molecule has 0 unspecified atom stereocenters. The van der Waals surface area contributed by atoms with Crippen LogP contribution in [0, 0.1) is 6.92 Å². The number of amides is 1. The van der Waals surface area contributed by atoms with E-state index in [0.717, 1.165) is 16.7 Å². The first-order valence-corrected chi connectivity index (χ1v) is 12.3. The highest BCUT2D eigenvalue weighted by molar-refractivity contribution is 6.40. The summed E-state index contributed by atoms with van der Waals surface area (Å²) in [6.45, 7) is 2.53. The molecule has 0 atom stereocenters. The second-order valence-corrected chi connectivity index (χ2v) is 9.49. The van der Waals surface area contributed by atoms with Crippen molar-refractivity contribution in [2.24, 2.45) is 0 Å². The van der Waals surface area contributed by atoms with Gasteiger partial charge in [-0.05, 0) is 42.7 Å². The molecule has 0 bridgehead atoms. The Hall–Kier alpha value is -3.69. The fourth-order valence-corrected chi connectivity index (χ4v) is 4.69. The molecule has 9 nitrogen and oxygen atoms in total. The van der Waals surface area contributed by atoms with Gasteiger partial charge in [0.25, 0.3) is 0 Å². The minimum absolute atomic E-state index is 0.0727. The smallest absolute Gasteiger partial charge is 0.244 e. The number of imidazole rings is 1. The Balaban J connectivity index is 1.45. The number of ketones is 1. The van der Waals surface area contributed by atoms with Gasteiger partial charge in [-0.2, -0.15) is 0 Å². The molecule has 37 heavy (non-hydrogen) atoms. The third-order valence-electron chi connectivity index (χ3n) is 6.41. The van der Waals surface area contributed by atoms with E-state index >= 15 is 0 Å². The summed E-state index contributed by atoms with van der Waals surface area (Å²) < 4.78 is 18.3. The quantitative estimate of drug-likeness (QED) is 0.455. The number of methoxy groups -OCH3 is 1. The predicted molar refractivity (Wildman–Crippen MR) is 140 cm³/mol. The van der Waals surface area contributed by atoms with Crippen molar-refractivity contribution in [2.75, 3.05) is 32.8 Å². The van der Waals surface area contributed by atoms with E-state index in [1.165, 1.54) is 10.9 Å². The average molecular weight is 543 g/mol. The molecule has 0 radical (unpaired) electrons. The molecule has 2 aliphatic rings. The monoisotopic (exact) mass is 542 g/mol. The van der Waals surface area contributed by atoms with E-state index in [2.05, 4.69) is 10.3 Å². The Bertz CT molecular complexity index is 1450. The van der Waals surface area contributed by atoms with Crippen LogP contribution >= 0.6 is 23.2 Å². The Kier molecular flexibility index (Phi) is 6.74. The normalized spacial score (nSPS) is 14.1. The molecule has 0 saturated carbocycles. The van der Waals surface area contributed by atoms with Crippen LogP contribution in [0.3, 0.4) is 0 Å². The Morgan fingerprint density at radius 3 is 2.76 bits per heavy atom. The van der Waals surface area contributed by atoms with Gasteiger partial charge in [0.1, 0.15) is 11.7 Å². The van der Waals surface area contributed by atoms with Crippen molar-refractivity contribution in [1.82, 2.24) is 14.5 Å². The number of nitrogens with zero attached hydrogens (tertiary/aromatic N) is 3. The summed E-state index contributed by atoms with van der Waals surface area (Å²) in [6, 6.07) is 7.16. The lowest BCUT2D eigenvalue weighted by Crippen LogP contribution is -2.25. The number of carbonyl (C=O) groups is 2. The number of Topliss-reactive ketones (excluding diaryl/α,β-unsaturated/α-hetero) is 1. The Morgan fingerprint density at radius 2 is 2.03 bits per heavy atom.